The van der Waals surface area contributed by atoms with Crippen LogP contribution in [0.3, 0.4) is 0 Å². The van der Waals surface area contributed by atoms with Crippen LogP contribution < -0.4 is 5.56 Å². The summed E-state index contributed by atoms with van der Waals surface area (Å²) in [6.07, 6.45) is 3.33. The Bertz CT molecular complexity index is 811. The molecule has 0 unspecified atom stereocenters. The Morgan fingerprint density at radius 3 is 2.68 bits per heavy atom. The van der Waals surface area contributed by atoms with Gasteiger partial charge in [0, 0.05) is 6.08 Å². The third-order valence-corrected chi connectivity index (χ3v) is 2.70. The summed E-state index contributed by atoms with van der Waals surface area (Å²) in [4.78, 5) is 15.7. The molecule has 0 N–H and O–H groups in total. The number of benzene rings is 1. The predicted molar refractivity (Wildman–Crippen MR) is 72.7 cm³/mol. The summed E-state index contributed by atoms with van der Waals surface area (Å²) >= 11 is 0. The fourth-order valence-corrected chi connectivity index (χ4v) is 1.80. The SMILES string of the molecule is Cc1ccc(C=Cc2nc(=O)c3ccccc3o2)o1. The van der Waals surface area contributed by atoms with E-state index in [-0.39, 0.29) is 11.4 Å². The van der Waals surface area contributed by atoms with Gasteiger partial charge in [-0.2, -0.15) is 4.98 Å². The highest BCUT2D eigenvalue weighted by atomic mass is 16.3. The van der Waals surface area contributed by atoms with Crippen LogP contribution in [0.15, 0.2) is 50.0 Å². The van der Waals surface area contributed by atoms with Crippen LogP contribution in [0.5, 0.6) is 0 Å². The van der Waals surface area contributed by atoms with Crippen molar-refractivity contribution in [2.24, 2.45) is 0 Å². The zero-order valence-corrected chi connectivity index (χ0v) is 10.3. The lowest BCUT2D eigenvalue weighted by Gasteiger charge is -1.96. The lowest BCUT2D eigenvalue weighted by Crippen LogP contribution is -2.06. The molecule has 94 valence electrons. The number of furan rings is 1. The van der Waals surface area contributed by atoms with Crippen LogP contribution in [0.1, 0.15) is 17.4 Å². The molecule has 0 atom stereocenters. The minimum Gasteiger partial charge on any atom is -0.462 e. The highest BCUT2D eigenvalue weighted by Gasteiger charge is 2.03. The van der Waals surface area contributed by atoms with E-state index in [0.29, 0.717) is 16.7 Å². The van der Waals surface area contributed by atoms with Crippen LogP contribution in [0.4, 0.5) is 0 Å². The molecular weight excluding hydrogens is 242 g/mol. The van der Waals surface area contributed by atoms with E-state index in [2.05, 4.69) is 4.98 Å². The number of hydrogen-bond donors (Lipinski definition) is 0. The summed E-state index contributed by atoms with van der Waals surface area (Å²) in [7, 11) is 0. The van der Waals surface area contributed by atoms with E-state index in [1.807, 2.05) is 25.1 Å². The fourth-order valence-electron chi connectivity index (χ4n) is 1.80. The van der Waals surface area contributed by atoms with Gasteiger partial charge in [0.15, 0.2) is 0 Å². The van der Waals surface area contributed by atoms with E-state index in [9.17, 15) is 4.79 Å². The highest BCUT2D eigenvalue weighted by Crippen LogP contribution is 2.13. The van der Waals surface area contributed by atoms with E-state index in [0.717, 1.165) is 5.76 Å². The van der Waals surface area contributed by atoms with E-state index >= 15 is 0 Å². The quantitative estimate of drug-likeness (QED) is 0.703. The maximum atomic E-state index is 11.8. The molecule has 4 heteroatoms. The lowest BCUT2D eigenvalue weighted by molar-refractivity contribution is 0.524. The topological polar surface area (TPSA) is 56.2 Å². The first-order valence-electron chi connectivity index (χ1n) is 5.87. The second-order valence-corrected chi connectivity index (χ2v) is 4.14. The van der Waals surface area contributed by atoms with Crippen LogP contribution in [0.2, 0.25) is 0 Å². The molecule has 0 aliphatic heterocycles. The smallest absolute Gasteiger partial charge is 0.284 e. The number of nitrogens with zero attached hydrogens (tertiary/aromatic N) is 1. The molecule has 0 amide bonds. The third kappa shape index (κ3) is 2.33. The molecule has 2 aromatic heterocycles. The monoisotopic (exact) mass is 253 g/mol. The normalized spacial score (nSPS) is 11.4. The van der Waals surface area contributed by atoms with Crippen molar-refractivity contribution < 1.29 is 8.83 Å². The minimum atomic E-state index is -0.294. The largest absolute Gasteiger partial charge is 0.462 e. The predicted octanol–water partition coefficient (Wildman–Crippen LogP) is 3.26. The van der Waals surface area contributed by atoms with E-state index < -0.39 is 0 Å². The Hall–Kier alpha value is -2.62. The van der Waals surface area contributed by atoms with Gasteiger partial charge in [0.2, 0.25) is 5.89 Å². The molecule has 0 saturated carbocycles. The Kier molecular flexibility index (Phi) is 2.76. The number of rotatable bonds is 2. The van der Waals surface area contributed by atoms with Crippen LogP contribution in [0.25, 0.3) is 23.1 Å². The second-order valence-electron chi connectivity index (χ2n) is 4.14. The van der Waals surface area contributed by atoms with Crippen LogP contribution >= 0.6 is 0 Å². The van der Waals surface area contributed by atoms with Crippen molar-refractivity contribution in [3.8, 4) is 0 Å². The zero-order chi connectivity index (χ0) is 13.2. The van der Waals surface area contributed by atoms with Gasteiger partial charge in [-0.15, -0.1) is 0 Å². The van der Waals surface area contributed by atoms with Gasteiger partial charge in [0.1, 0.15) is 17.1 Å². The van der Waals surface area contributed by atoms with E-state index in [1.54, 1.807) is 30.4 Å². The average molecular weight is 253 g/mol. The Morgan fingerprint density at radius 2 is 1.89 bits per heavy atom. The molecule has 0 spiro atoms. The summed E-state index contributed by atoms with van der Waals surface area (Å²) in [5.41, 5.74) is 0.231. The highest BCUT2D eigenvalue weighted by molar-refractivity contribution is 5.76. The van der Waals surface area contributed by atoms with E-state index in [4.69, 9.17) is 8.83 Å². The molecular formula is C15H11NO3. The molecule has 0 bridgehead atoms. The summed E-state index contributed by atoms with van der Waals surface area (Å²) in [5, 5.41) is 0.480. The molecule has 0 saturated heterocycles. The van der Waals surface area contributed by atoms with Gasteiger partial charge in [-0.3, -0.25) is 4.79 Å². The van der Waals surface area contributed by atoms with Gasteiger partial charge in [-0.1, -0.05) is 12.1 Å². The van der Waals surface area contributed by atoms with Crippen LogP contribution in [-0.4, -0.2) is 4.98 Å². The van der Waals surface area contributed by atoms with Crippen molar-refractivity contribution in [2.75, 3.05) is 0 Å². The van der Waals surface area contributed by atoms with E-state index in [1.165, 1.54) is 0 Å². The molecule has 1 aromatic carbocycles. The zero-order valence-electron chi connectivity index (χ0n) is 10.3. The van der Waals surface area contributed by atoms with Gasteiger partial charge in [0.05, 0.1) is 5.39 Å². The fraction of sp³-hybridized carbons (Fsp3) is 0.0667. The Morgan fingerprint density at radius 1 is 1.05 bits per heavy atom. The molecule has 3 aromatic rings. The minimum absolute atomic E-state index is 0.262. The van der Waals surface area contributed by atoms with Crippen molar-refractivity contribution in [1.82, 2.24) is 4.98 Å². The lowest BCUT2D eigenvalue weighted by atomic mass is 10.2. The van der Waals surface area contributed by atoms with Crippen molar-refractivity contribution in [3.05, 3.63) is 64.2 Å². The first-order chi connectivity index (χ1) is 9.22. The molecule has 2 heterocycles. The standard InChI is InChI=1S/C15H11NO3/c1-10-6-7-11(18-10)8-9-14-16-15(17)12-4-2-3-5-13(12)19-14/h2-9H,1H3. The summed E-state index contributed by atoms with van der Waals surface area (Å²) in [5.74, 6) is 1.78. The van der Waals surface area contributed by atoms with Crippen LogP contribution in [0, 0.1) is 6.92 Å². The summed E-state index contributed by atoms with van der Waals surface area (Å²) in [6.45, 7) is 1.87. The average Bonchev–Trinajstić information content (AvgIpc) is 2.82. The maximum Gasteiger partial charge on any atom is 0.284 e. The second kappa shape index (κ2) is 4.57. The maximum absolute atomic E-state index is 11.8. The molecule has 0 radical (unpaired) electrons. The molecule has 19 heavy (non-hydrogen) atoms. The number of aryl methyl sites for hydroxylation is 1. The summed E-state index contributed by atoms with van der Waals surface area (Å²) < 4.78 is 10.9. The van der Waals surface area contributed by atoms with Gasteiger partial charge >= 0.3 is 0 Å². The van der Waals surface area contributed by atoms with Crippen molar-refractivity contribution >= 4 is 23.1 Å². The van der Waals surface area contributed by atoms with Crippen molar-refractivity contribution in [3.63, 3.8) is 0 Å². The number of para-hydroxylation sites is 1. The molecule has 0 aliphatic carbocycles. The Balaban J connectivity index is 2.02. The van der Waals surface area contributed by atoms with Gasteiger partial charge < -0.3 is 8.83 Å². The third-order valence-electron chi connectivity index (χ3n) is 2.70. The number of fused-ring (bicyclic) bond motifs is 1. The van der Waals surface area contributed by atoms with Gasteiger partial charge in [-0.25, -0.2) is 0 Å². The summed E-state index contributed by atoms with van der Waals surface area (Å²) in [6, 6.07) is 10.7. The molecule has 4 nitrogen and oxygen atoms in total. The van der Waals surface area contributed by atoms with Crippen molar-refractivity contribution in [1.29, 1.82) is 0 Å². The number of aromatic nitrogens is 1. The van der Waals surface area contributed by atoms with Gasteiger partial charge in [0.25, 0.3) is 5.56 Å². The van der Waals surface area contributed by atoms with Gasteiger partial charge in [-0.05, 0) is 37.3 Å². The Labute approximate surface area is 109 Å². The molecule has 0 fully saturated rings. The molecule has 0 aliphatic rings. The van der Waals surface area contributed by atoms with Crippen molar-refractivity contribution in [2.45, 2.75) is 6.92 Å². The number of hydrogen-bond acceptors (Lipinski definition) is 4. The first kappa shape index (κ1) is 11.5. The van der Waals surface area contributed by atoms with Crippen LogP contribution in [-0.2, 0) is 0 Å². The first-order valence-corrected chi connectivity index (χ1v) is 5.87. The molecule has 3 rings (SSSR count).